The summed E-state index contributed by atoms with van der Waals surface area (Å²) in [5.74, 6) is 0.706. The monoisotopic (exact) mass is 540 g/mol. The lowest BCUT2D eigenvalue weighted by molar-refractivity contribution is 0.0363. The average molecular weight is 541 g/mol. The molecular weight excluding hydrogens is 511 g/mol. The Morgan fingerprint density at radius 3 is 2.50 bits per heavy atom. The number of ether oxygens (including phenoxy) is 1. The van der Waals surface area contributed by atoms with Crippen LogP contribution in [0.25, 0.3) is 0 Å². The molecule has 1 aliphatic heterocycles. The van der Waals surface area contributed by atoms with Gasteiger partial charge >= 0.3 is 0 Å². The third kappa shape index (κ3) is 7.30. The van der Waals surface area contributed by atoms with Crippen LogP contribution in [0, 0.1) is 0 Å². The Bertz CT molecular complexity index is 553. The molecule has 0 aromatic heterocycles. The lowest BCUT2D eigenvalue weighted by atomic mass is 9.91. The van der Waals surface area contributed by atoms with Gasteiger partial charge in [0, 0.05) is 37.7 Å². The Hall–Kier alpha value is -0.420. The molecule has 1 saturated heterocycles. The van der Waals surface area contributed by atoms with Gasteiger partial charge in [0.25, 0.3) is 0 Å². The van der Waals surface area contributed by atoms with E-state index < -0.39 is 5.60 Å². The van der Waals surface area contributed by atoms with Crippen LogP contribution in [0.2, 0.25) is 0 Å². The molecule has 1 aliphatic rings. The van der Waals surface area contributed by atoms with Gasteiger partial charge in [-0.1, -0.05) is 35.0 Å². The topological polar surface area (TPSA) is 69.1 Å². The summed E-state index contributed by atoms with van der Waals surface area (Å²) >= 11 is 3.43. The summed E-state index contributed by atoms with van der Waals surface area (Å²) in [7, 11) is 1.74. The van der Waals surface area contributed by atoms with Crippen molar-refractivity contribution in [3.8, 4) is 0 Å². The molecule has 1 unspecified atom stereocenters. The van der Waals surface area contributed by atoms with Gasteiger partial charge in [0.05, 0.1) is 19.8 Å². The number of aliphatic hydroxyl groups is 1. The highest BCUT2D eigenvalue weighted by Gasteiger charge is 2.27. The first kappa shape index (κ1) is 23.6. The fourth-order valence-corrected chi connectivity index (χ4v) is 3.06. The van der Waals surface area contributed by atoms with Crippen LogP contribution in [-0.4, -0.2) is 69.0 Å². The van der Waals surface area contributed by atoms with Crippen LogP contribution in [0.4, 0.5) is 0 Å². The van der Waals surface area contributed by atoms with Crippen molar-refractivity contribution in [2.75, 3.05) is 53.0 Å². The zero-order chi connectivity index (χ0) is 18.1. The lowest BCUT2D eigenvalue weighted by Crippen LogP contribution is -2.48. The number of morpholine rings is 1. The van der Waals surface area contributed by atoms with Crippen LogP contribution in [0.3, 0.4) is 0 Å². The zero-order valence-electron chi connectivity index (χ0n) is 15.5. The number of nitrogens with zero attached hydrogens (tertiary/aromatic N) is 2. The predicted molar refractivity (Wildman–Crippen MR) is 120 cm³/mol. The number of rotatable bonds is 7. The minimum absolute atomic E-state index is 0. The van der Waals surface area contributed by atoms with Gasteiger partial charge in [0.15, 0.2) is 5.96 Å². The fourth-order valence-electron chi connectivity index (χ4n) is 2.80. The van der Waals surface area contributed by atoms with Gasteiger partial charge < -0.3 is 20.5 Å². The molecule has 0 aliphatic carbocycles. The number of nitrogens with one attached hydrogen (secondary N) is 2. The maximum absolute atomic E-state index is 11.0. The molecular formula is C18H30BrIN4O2. The van der Waals surface area contributed by atoms with Crippen molar-refractivity contribution >= 4 is 45.9 Å². The quantitative estimate of drug-likeness (QED) is 0.281. The number of aliphatic imine (C=N–C) groups is 1. The number of hydrogen-bond acceptors (Lipinski definition) is 4. The Balaban J connectivity index is 0.00000338. The Kier molecular flexibility index (Phi) is 11.0. The molecule has 8 heteroatoms. The second-order valence-electron chi connectivity index (χ2n) is 6.20. The van der Waals surface area contributed by atoms with Crippen molar-refractivity contribution in [1.29, 1.82) is 0 Å². The van der Waals surface area contributed by atoms with Crippen molar-refractivity contribution in [2.45, 2.75) is 18.9 Å². The van der Waals surface area contributed by atoms with Crippen molar-refractivity contribution in [3.63, 3.8) is 0 Å². The molecule has 6 nitrogen and oxygen atoms in total. The molecule has 1 heterocycles. The van der Waals surface area contributed by atoms with Crippen LogP contribution in [-0.2, 0) is 10.3 Å². The van der Waals surface area contributed by atoms with Gasteiger partial charge in [-0.3, -0.25) is 9.89 Å². The van der Waals surface area contributed by atoms with Crippen LogP contribution in [0.1, 0.15) is 18.9 Å². The molecule has 148 valence electrons. The van der Waals surface area contributed by atoms with Crippen molar-refractivity contribution in [1.82, 2.24) is 15.5 Å². The SMILES string of the molecule is CCC(O)(CNC(=NC)NCCN1CCOCC1)c1ccc(Br)cc1.I. The van der Waals surface area contributed by atoms with E-state index in [1.807, 2.05) is 31.2 Å². The van der Waals surface area contributed by atoms with E-state index in [2.05, 4.69) is 36.5 Å². The van der Waals surface area contributed by atoms with E-state index in [-0.39, 0.29) is 24.0 Å². The van der Waals surface area contributed by atoms with E-state index in [0.717, 1.165) is 49.4 Å². The summed E-state index contributed by atoms with van der Waals surface area (Å²) in [4.78, 5) is 6.62. The van der Waals surface area contributed by atoms with E-state index in [9.17, 15) is 5.11 Å². The minimum Gasteiger partial charge on any atom is -0.383 e. The van der Waals surface area contributed by atoms with Gasteiger partial charge in [-0.2, -0.15) is 0 Å². The minimum atomic E-state index is -0.928. The predicted octanol–water partition coefficient (Wildman–Crippen LogP) is 2.16. The Morgan fingerprint density at radius 1 is 1.27 bits per heavy atom. The smallest absolute Gasteiger partial charge is 0.191 e. The summed E-state index contributed by atoms with van der Waals surface area (Å²) < 4.78 is 6.36. The number of guanidine groups is 1. The first-order valence-electron chi connectivity index (χ1n) is 8.80. The van der Waals surface area contributed by atoms with Crippen LogP contribution >= 0.6 is 39.9 Å². The molecule has 0 spiro atoms. The van der Waals surface area contributed by atoms with Gasteiger partial charge in [0.1, 0.15) is 5.60 Å². The molecule has 1 aromatic carbocycles. The molecule has 0 bridgehead atoms. The molecule has 0 saturated carbocycles. The molecule has 2 rings (SSSR count). The van der Waals surface area contributed by atoms with Crippen LogP contribution in [0.15, 0.2) is 33.7 Å². The third-order valence-corrected chi connectivity index (χ3v) is 5.09. The van der Waals surface area contributed by atoms with Crippen LogP contribution < -0.4 is 10.6 Å². The van der Waals surface area contributed by atoms with Gasteiger partial charge in [0.2, 0.25) is 0 Å². The lowest BCUT2D eigenvalue weighted by Gasteiger charge is -2.29. The summed E-state index contributed by atoms with van der Waals surface area (Å²) in [6, 6.07) is 7.80. The first-order valence-corrected chi connectivity index (χ1v) is 9.60. The van der Waals surface area contributed by atoms with Gasteiger partial charge in [-0.25, -0.2) is 0 Å². The highest BCUT2D eigenvalue weighted by molar-refractivity contribution is 14.0. The van der Waals surface area contributed by atoms with E-state index in [0.29, 0.717) is 18.9 Å². The maximum Gasteiger partial charge on any atom is 0.191 e. The molecule has 3 N–H and O–H groups in total. The first-order chi connectivity index (χ1) is 12.1. The maximum atomic E-state index is 11.0. The molecule has 1 fully saturated rings. The Morgan fingerprint density at radius 2 is 1.92 bits per heavy atom. The summed E-state index contributed by atoms with van der Waals surface area (Å²) in [5, 5.41) is 17.5. The number of benzene rings is 1. The molecule has 1 aromatic rings. The van der Waals surface area contributed by atoms with Gasteiger partial charge in [-0.15, -0.1) is 24.0 Å². The highest BCUT2D eigenvalue weighted by atomic mass is 127. The van der Waals surface area contributed by atoms with Crippen molar-refractivity contribution in [3.05, 3.63) is 34.3 Å². The molecule has 26 heavy (non-hydrogen) atoms. The van der Waals surface area contributed by atoms with Gasteiger partial charge in [-0.05, 0) is 24.1 Å². The average Bonchev–Trinajstić information content (AvgIpc) is 2.65. The molecule has 0 radical (unpaired) electrons. The van der Waals surface area contributed by atoms with Crippen molar-refractivity contribution < 1.29 is 9.84 Å². The summed E-state index contributed by atoms with van der Waals surface area (Å²) in [6.07, 6.45) is 0.617. The largest absolute Gasteiger partial charge is 0.383 e. The second kappa shape index (κ2) is 12.1. The standard InChI is InChI=1S/C18H29BrN4O2.HI/c1-3-18(24,15-4-6-16(19)7-5-15)14-22-17(20-2)21-8-9-23-10-12-25-13-11-23;/h4-7,24H,3,8-14H2,1-2H3,(H2,20,21,22);1H. The summed E-state index contributed by atoms with van der Waals surface area (Å²) in [6.45, 7) is 7.73. The summed E-state index contributed by atoms with van der Waals surface area (Å²) in [5.41, 5.74) is -0.0304. The highest BCUT2D eigenvalue weighted by Crippen LogP contribution is 2.25. The van der Waals surface area contributed by atoms with E-state index >= 15 is 0 Å². The molecule has 0 amide bonds. The zero-order valence-corrected chi connectivity index (χ0v) is 19.4. The molecule has 1 atom stereocenters. The van der Waals surface area contributed by atoms with E-state index in [4.69, 9.17) is 4.74 Å². The normalized spacial score (nSPS) is 17.9. The third-order valence-electron chi connectivity index (χ3n) is 4.56. The van der Waals surface area contributed by atoms with E-state index in [1.165, 1.54) is 0 Å². The second-order valence-corrected chi connectivity index (χ2v) is 7.11. The van der Waals surface area contributed by atoms with Crippen molar-refractivity contribution in [2.24, 2.45) is 4.99 Å². The number of halogens is 2. The fraction of sp³-hybridized carbons (Fsp3) is 0.611. The Labute approximate surface area is 181 Å². The van der Waals surface area contributed by atoms with E-state index in [1.54, 1.807) is 7.05 Å². The van der Waals surface area contributed by atoms with Crippen LogP contribution in [0.5, 0.6) is 0 Å². The number of hydrogen-bond donors (Lipinski definition) is 3.